The van der Waals surface area contributed by atoms with E-state index in [0.717, 1.165) is 12.0 Å². The van der Waals surface area contributed by atoms with Crippen LogP contribution in [0.25, 0.3) is 6.08 Å². The lowest BCUT2D eigenvalue weighted by molar-refractivity contribution is -0.116. The predicted molar refractivity (Wildman–Crippen MR) is 74.8 cm³/mol. The lowest BCUT2D eigenvalue weighted by atomic mass is 10.2. The van der Waals surface area contributed by atoms with E-state index in [2.05, 4.69) is 5.32 Å². The first-order valence-electron chi connectivity index (χ1n) is 5.65. The van der Waals surface area contributed by atoms with Gasteiger partial charge in [-0.1, -0.05) is 29.3 Å². The molecule has 0 saturated heterocycles. The maximum atomic E-state index is 11.4. The topological polar surface area (TPSA) is 49.3 Å². The van der Waals surface area contributed by atoms with Crippen molar-refractivity contribution in [2.45, 2.75) is 12.8 Å². The fourth-order valence-electron chi connectivity index (χ4n) is 1.31. The maximum absolute atomic E-state index is 11.4. The first-order chi connectivity index (χ1) is 8.63. The Morgan fingerprint density at radius 1 is 1.33 bits per heavy atom. The second-order valence-electron chi connectivity index (χ2n) is 3.72. The van der Waals surface area contributed by atoms with Gasteiger partial charge in [-0.25, -0.2) is 0 Å². The van der Waals surface area contributed by atoms with Gasteiger partial charge in [0.25, 0.3) is 0 Å². The largest absolute Gasteiger partial charge is 0.396 e. The molecule has 1 rings (SSSR count). The minimum Gasteiger partial charge on any atom is -0.396 e. The van der Waals surface area contributed by atoms with Crippen molar-refractivity contribution in [1.29, 1.82) is 0 Å². The van der Waals surface area contributed by atoms with Crippen molar-refractivity contribution < 1.29 is 9.90 Å². The van der Waals surface area contributed by atoms with Crippen LogP contribution >= 0.6 is 23.2 Å². The van der Waals surface area contributed by atoms with Gasteiger partial charge in [0.2, 0.25) is 5.91 Å². The number of carbonyl (C=O) groups is 1. The van der Waals surface area contributed by atoms with Crippen LogP contribution in [0.4, 0.5) is 0 Å². The summed E-state index contributed by atoms with van der Waals surface area (Å²) in [6.45, 7) is 0.699. The van der Waals surface area contributed by atoms with Crippen LogP contribution in [0.1, 0.15) is 18.4 Å². The number of halogens is 2. The summed E-state index contributed by atoms with van der Waals surface area (Å²) in [5.41, 5.74) is 0.742. The molecule has 0 radical (unpaired) electrons. The SMILES string of the molecule is O=C(/C=C/c1ccc(Cl)cc1Cl)NCCCCO. The van der Waals surface area contributed by atoms with Gasteiger partial charge in [0.15, 0.2) is 0 Å². The van der Waals surface area contributed by atoms with Crippen LogP contribution in [0.3, 0.4) is 0 Å². The molecule has 0 aromatic heterocycles. The minimum absolute atomic E-state index is 0.145. The number of benzene rings is 1. The van der Waals surface area contributed by atoms with E-state index >= 15 is 0 Å². The number of aliphatic hydroxyl groups excluding tert-OH is 1. The molecule has 0 saturated carbocycles. The number of carbonyl (C=O) groups excluding carboxylic acids is 1. The molecule has 2 N–H and O–H groups in total. The Balaban J connectivity index is 2.45. The molecular weight excluding hydrogens is 273 g/mol. The van der Waals surface area contributed by atoms with Gasteiger partial charge in [0.1, 0.15) is 0 Å². The highest BCUT2D eigenvalue weighted by Gasteiger charge is 1.99. The number of amides is 1. The van der Waals surface area contributed by atoms with E-state index in [9.17, 15) is 4.79 Å². The summed E-state index contributed by atoms with van der Waals surface area (Å²) in [6.07, 6.45) is 4.51. The van der Waals surface area contributed by atoms with Gasteiger partial charge >= 0.3 is 0 Å². The van der Waals surface area contributed by atoms with Gasteiger partial charge in [-0.15, -0.1) is 0 Å². The molecular formula is C13H15Cl2NO2. The summed E-state index contributed by atoms with van der Waals surface area (Å²) in [7, 11) is 0. The number of unbranched alkanes of at least 4 members (excludes halogenated alkanes) is 1. The molecule has 0 heterocycles. The van der Waals surface area contributed by atoms with E-state index in [1.165, 1.54) is 6.08 Å². The number of aliphatic hydroxyl groups is 1. The summed E-state index contributed by atoms with van der Waals surface area (Å²) < 4.78 is 0. The quantitative estimate of drug-likeness (QED) is 0.624. The fourth-order valence-corrected chi connectivity index (χ4v) is 1.78. The van der Waals surface area contributed by atoms with Crippen LogP contribution in [0.5, 0.6) is 0 Å². The molecule has 5 heteroatoms. The van der Waals surface area contributed by atoms with Crippen molar-refractivity contribution in [2.24, 2.45) is 0 Å². The molecule has 0 spiro atoms. The lowest BCUT2D eigenvalue weighted by Gasteiger charge is -2.01. The molecule has 1 aromatic carbocycles. The summed E-state index contributed by atoms with van der Waals surface area (Å²) in [4.78, 5) is 11.4. The Bertz CT molecular complexity index is 433. The third-order valence-electron chi connectivity index (χ3n) is 2.26. The normalized spacial score (nSPS) is 10.8. The molecule has 0 aliphatic heterocycles. The van der Waals surface area contributed by atoms with Crippen LogP contribution in [0, 0.1) is 0 Å². The highest BCUT2D eigenvalue weighted by Crippen LogP contribution is 2.21. The maximum Gasteiger partial charge on any atom is 0.243 e. The van der Waals surface area contributed by atoms with Crippen molar-refractivity contribution in [3.8, 4) is 0 Å². The first kappa shape index (κ1) is 15.0. The molecule has 1 aromatic rings. The highest BCUT2D eigenvalue weighted by molar-refractivity contribution is 6.35. The second-order valence-corrected chi connectivity index (χ2v) is 4.56. The Labute approximate surface area is 116 Å². The summed E-state index contributed by atoms with van der Waals surface area (Å²) in [5, 5.41) is 12.4. The Morgan fingerprint density at radius 2 is 2.11 bits per heavy atom. The first-order valence-corrected chi connectivity index (χ1v) is 6.41. The average Bonchev–Trinajstić information content (AvgIpc) is 2.33. The molecule has 18 heavy (non-hydrogen) atoms. The van der Waals surface area contributed by atoms with Crippen LogP contribution < -0.4 is 5.32 Å². The molecule has 98 valence electrons. The van der Waals surface area contributed by atoms with E-state index in [1.807, 2.05) is 0 Å². The molecule has 0 aliphatic carbocycles. The molecule has 0 aliphatic rings. The van der Waals surface area contributed by atoms with E-state index in [4.69, 9.17) is 28.3 Å². The van der Waals surface area contributed by atoms with Gasteiger partial charge in [-0.3, -0.25) is 4.79 Å². The van der Waals surface area contributed by atoms with E-state index in [1.54, 1.807) is 24.3 Å². The van der Waals surface area contributed by atoms with Gasteiger partial charge in [-0.2, -0.15) is 0 Å². The van der Waals surface area contributed by atoms with Crippen molar-refractivity contribution >= 4 is 35.2 Å². The zero-order valence-electron chi connectivity index (χ0n) is 9.83. The Morgan fingerprint density at radius 3 is 2.78 bits per heavy atom. The third-order valence-corrected chi connectivity index (χ3v) is 2.82. The fraction of sp³-hybridized carbons (Fsp3) is 0.308. The smallest absolute Gasteiger partial charge is 0.243 e. The van der Waals surface area contributed by atoms with Crippen molar-refractivity contribution in [3.63, 3.8) is 0 Å². The zero-order chi connectivity index (χ0) is 13.4. The van der Waals surface area contributed by atoms with Crippen LogP contribution in [0.2, 0.25) is 10.0 Å². The monoisotopic (exact) mass is 287 g/mol. The number of hydrogen-bond donors (Lipinski definition) is 2. The van der Waals surface area contributed by atoms with E-state index < -0.39 is 0 Å². The minimum atomic E-state index is -0.182. The number of hydrogen-bond acceptors (Lipinski definition) is 2. The highest BCUT2D eigenvalue weighted by atomic mass is 35.5. The van der Waals surface area contributed by atoms with Crippen molar-refractivity contribution in [3.05, 3.63) is 39.9 Å². The third kappa shape index (κ3) is 5.54. The molecule has 0 fully saturated rings. The zero-order valence-corrected chi connectivity index (χ0v) is 11.3. The summed E-state index contributed by atoms with van der Waals surface area (Å²) in [6, 6.07) is 5.09. The second kappa shape index (κ2) is 8.14. The van der Waals surface area contributed by atoms with Gasteiger partial charge in [0.05, 0.1) is 0 Å². The predicted octanol–water partition coefficient (Wildman–Crippen LogP) is 2.90. The van der Waals surface area contributed by atoms with Gasteiger partial charge in [0, 0.05) is 29.3 Å². The van der Waals surface area contributed by atoms with E-state index in [0.29, 0.717) is 23.0 Å². The molecule has 0 atom stereocenters. The number of rotatable bonds is 6. The standard InChI is InChI=1S/C13H15Cl2NO2/c14-11-5-3-10(12(15)9-11)4-6-13(18)16-7-1-2-8-17/h3-6,9,17H,1-2,7-8H2,(H,16,18)/b6-4+. The number of nitrogens with one attached hydrogen (secondary N) is 1. The Kier molecular flexibility index (Phi) is 6.80. The lowest BCUT2D eigenvalue weighted by Crippen LogP contribution is -2.22. The van der Waals surface area contributed by atoms with Crippen LogP contribution in [-0.4, -0.2) is 24.2 Å². The Hall–Kier alpha value is -1.03. The summed E-state index contributed by atoms with van der Waals surface area (Å²) in [5.74, 6) is -0.182. The van der Waals surface area contributed by atoms with Gasteiger partial charge in [-0.05, 0) is 36.6 Å². The van der Waals surface area contributed by atoms with Crippen molar-refractivity contribution in [1.82, 2.24) is 5.32 Å². The van der Waals surface area contributed by atoms with Crippen LogP contribution in [-0.2, 0) is 4.79 Å². The van der Waals surface area contributed by atoms with E-state index in [-0.39, 0.29) is 12.5 Å². The summed E-state index contributed by atoms with van der Waals surface area (Å²) >= 11 is 11.7. The molecule has 0 bridgehead atoms. The van der Waals surface area contributed by atoms with Gasteiger partial charge < -0.3 is 10.4 Å². The molecule has 0 unspecified atom stereocenters. The molecule has 1 amide bonds. The molecule has 3 nitrogen and oxygen atoms in total. The van der Waals surface area contributed by atoms with Crippen molar-refractivity contribution in [2.75, 3.05) is 13.2 Å². The average molecular weight is 288 g/mol. The van der Waals surface area contributed by atoms with Crippen LogP contribution in [0.15, 0.2) is 24.3 Å².